The summed E-state index contributed by atoms with van der Waals surface area (Å²) in [7, 11) is 0. The van der Waals surface area contributed by atoms with Gasteiger partial charge in [-0.3, -0.25) is 9.55 Å². The van der Waals surface area contributed by atoms with Gasteiger partial charge >= 0.3 is 0 Å². The Morgan fingerprint density at radius 2 is 1.25 bits per heavy atom. The topological polar surface area (TPSA) is 60.2 Å². The molecule has 0 radical (unpaired) electrons. The molecule has 0 fully saturated rings. The van der Waals surface area contributed by atoms with Crippen LogP contribution in [0.4, 0.5) is 0 Å². The van der Waals surface area contributed by atoms with Crippen LogP contribution < -0.4 is 4.74 Å². The van der Waals surface area contributed by atoms with Gasteiger partial charge in [-0.15, -0.1) is 23.8 Å². The molecule has 59 heavy (non-hydrogen) atoms. The maximum absolute atomic E-state index is 10.6. The van der Waals surface area contributed by atoms with Crippen molar-refractivity contribution in [2.75, 3.05) is 0 Å². The Bertz CT molecular complexity index is 3000. The van der Waals surface area contributed by atoms with Crippen LogP contribution in [0.1, 0.15) is 22.3 Å². The van der Waals surface area contributed by atoms with E-state index < -0.39 is 0 Å². The van der Waals surface area contributed by atoms with E-state index in [1.807, 2.05) is 60.8 Å². The average Bonchev–Trinajstić information content (AvgIpc) is 3.96. The summed E-state index contributed by atoms with van der Waals surface area (Å²) < 4.78 is 8.82. The van der Waals surface area contributed by atoms with E-state index in [1.165, 1.54) is 27.8 Å². The van der Waals surface area contributed by atoms with Gasteiger partial charge in [-0.25, -0.2) is 4.98 Å². The number of benzene rings is 7. The largest absolute Gasteiger partial charge is 0.517 e. The number of fused-ring (bicyclic) bond motifs is 3. The van der Waals surface area contributed by atoms with E-state index in [4.69, 9.17) is 14.7 Å². The van der Waals surface area contributed by atoms with Gasteiger partial charge in [-0.2, -0.15) is 0 Å². The van der Waals surface area contributed by atoms with Gasteiger partial charge in [-0.05, 0) is 106 Å². The minimum atomic E-state index is 0. The Kier molecular flexibility index (Phi) is 9.34. The predicted molar refractivity (Wildman–Crippen MR) is 231 cm³/mol. The standard InChI is InChI=1S/C53H38N3O2.Pt/c57-49-22-9-7-19-45(49)38-16-10-17-43(29-38)58-50-23-11-21-48-51(50)55-52(56(48)47-20-8-6-18-44(47)35-12-2-1-3-13-35)46-30-37(26-27-54-46)36-24-25-41-33-53(34-42(41)28-36)31-39-14-4-5-15-40(39)32-53;/h1-28,30,57H,31-34H2;/q-1;. The zero-order chi connectivity index (χ0) is 38.6. The van der Waals surface area contributed by atoms with Crippen LogP contribution in [-0.4, -0.2) is 19.6 Å². The fourth-order valence-corrected chi connectivity index (χ4v) is 9.35. The van der Waals surface area contributed by atoms with Crippen LogP contribution in [0.3, 0.4) is 0 Å². The van der Waals surface area contributed by atoms with Crippen molar-refractivity contribution in [1.29, 1.82) is 0 Å². The van der Waals surface area contributed by atoms with Crippen molar-refractivity contribution in [3.05, 3.63) is 204 Å². The van der Waals surface area contributed by atoms with Crippen molar-refractivity contribution >= 4 is 11.0 Å². The van der Waals surface area contributed by atoms with E-state index in [0.717, 1.165) is 64.8 Å². The van der Waals surface area contributed by atoms with Crippen molar-refractivity contribution in [3.8, 4) is 67.8 Å². The third-order valence-electron chi connectivity index (χ3n) is 12.0. The van der Waals surface area contributed by atoms with Gasteiger partial charge in [0.25, 0.3) is 0 Å². The van der Waals surface area contributed by atoms with Crippen LogP contribution in [0.15, 0.2) is 176 Å². The number of para-hydroxylation sites is 3. The van der Waals surface area contributed by atoms with Crippen molar-refractivity contribution in [3.63, 3.8) is 0 Å². The molecule has 1 spiro atoms. The smallest absolute Gasteiger partial charge is 0.164 e. The average molecular weight is 944 g/mol. The quantitative estimate of drug-likeness (QED) is 0.162. The van der Waals surface area contributed by atoms with Crippen LogP contribution in [0.5, 0.6) is 17.2 Å². The van der Waals surface area contributed by atoms with Crippen molar-refractivity contribution in [1.82, 2.24) is 14.5 Å². The number of phenols is 1. The van der Waals surface area contributed by atoms with Gasteiger partial charge in [0, 0.05) is 38.6 Å². The monoisotopic (exact) mass is 943 g/mol. The molecule has 5 nitrogen and oxygen atoms in total. The Hall–Kier alpha value is -6.55. The van der Waals surface area contributed by atoms with E-state index in [-0.39, 0.29) is 32.2 Å². The molecule has 2 heterocycles. The minimum Gasteiger partial charge on any atom is -0.517 e. The summed E-state index contributed by atoms with van der Waals surface area (Å²) >= 11 is 0. The first-order valence-electron chi connectivity index (χ1n) is 19.9. The van der Waals surface area contributed by atoms with Gasteiger partial charge < -0.3 is 9.84 Å². The normalized spacial score (nSPS) is 13.6. The summed E-state index contributed by atoms with van der Waals surface area (Å²) in [4.78, 5) is 10.4. The minimum absolute atomic E-state index is 0. The third kappa shape index (κ3) is 6.66. The van der Waals surface area contributed by atoms with E-state index in [9.17, 15) is 5.11 Å². The van der Waals surface area contributed by atoms with Crippen LogP contribution in [0.2, 0.25) is 0 Å². The van der Waals surface area contributed by atoms with E-state index in [2.05, 4.69) is 120 Å². The molecule has 0 saturated heterocycles. The van der Waals surface area contributed by atoms with Gasteiger partial charge in [-0.1, -0.05) is 127 Å². The first-order valence-corrected chi connectivity index (χ1v) is 19.9. The van der Waals surface area contributed by atoms with Crippen LogP contribution >= 0.6 is 0 Å². The summed E-state index contributed by atoms with van der Waals surface area (Å²) in [6.45, 7) is 0. The number of aromatic nitrogens is 3. The molecule has 2 aliphatic rings. The maximum atomic E-state index is 10.6. The zero-order valence-electron chi connectivity index (χ0n) is 32.1. The van der Waals surface area contributed by atoms with Crippen LogP contribution in [-0.2, 0) is 46.7 Å². The summed E-state index contributed by atoms with van der Waals surface area (Å²) in [5.74, 6) is 2.02. The molecule has 1 N–H and O–H groups in total. The van der Waals surface area contributed by atoms with Crippen molar-refractivity contribution in [2.24, 2.45) is 5.41 Å². The molecule has 0 saturated carbocycles. The summed E-state index contributed by atoms with van der Waals surface area (Å²) in [5.41, 5.74) is 15.5. The molecule has 11 rings (SSSR count). The second-order valence-electron chi connectivity index (χ2n) is 15.7. The molecular formula is C53H38N3O2Pt-. The number of phenolic OH excluding ortho intramolecular Hbond substituents is 1. The van der Waals surface area contributed by atoms with E-state index >= 15 is 0 Å². The van der Waals surface area contributed by atoms with Gasteiger partial charge in [0.05, 0.1) is 17.0 Å². The van der Waals surface area contributed by atoms with Crippen molar-refractivity contribution in [2.45, 2.75) is 25.7 Å². The second-order valence-corrected chi connectivity index (χ2v) is 15.7. The van der Waals surface area contributed by atoms with Crippen LogP contribution in [0.25, 0.3) is 61.6 Å². The van der Waals surface area contributed by atoms with E-state index in [0.29, 0.717) is 28.4 Å². The first-order chi connectivity index (χ1) is 28.6. The molecule has 7 aromatic carbocycles. The van der Waals surface area contributed by atoms with Gasteiger partial charge in [0.2, 0.25) is 0 Å². The fourth-order valence-electron chi connectivity index (χ4n) is 9.35. The number of nitrogens with zero attached hydrogens (tertiary/aromatic N) is 3. The molecule has 0 bridgehead atoms. The molecule has 9 aromatic rings. The summed E-state index contributed by atoms with van der Waals surface area (Å²) in [5, 5.41) is 10.6. The first kappa shape index (κ1) is 36.8. The number of imidazole rings is 1. The SMILES string of the molecule is Oc1ccccc1-c1[c-]c(Oc2cccc3c2nc(-c2cc(-c4ccc5c(c4)CC4(Cc6ccccc6C4)C5)ccn2)n3-c2ccccc2-c2ccccc2)ccc1.[Pt]. The molecule has 2 aliphatic carbocycles. The number of hydrogen-bond acceptors (Lipinski definition) is 4. The molecule has 288 valence electrons. The Labute approximate surface area is 357 Å². The van der Waals surface area contributed by atoms with Crippen LogP contribution in [0, 0.1) is 11.5 Å². The number of hydrogen-bond donors (Lipinski definition) is 1. The second kappa shape index (κ2) is 15.0. The molecular weight excluding hydrogens is 906 g/mol. The van der Waals surface area contributed by atoms with E-state index in [1.54, 1.807) is 6.07 Å². The Balaban J connectivity index is 0.00000420. The van der Waals surface area contributed by atoms with Gasteiger partial charge in [0.1, 0.15) is 11.2 Å². The molecule has 0 unspecified atom stereocenters. The zero-order valence-corrected chi connectivity index (χ0v) is 34.4. The predicted octanol–water partition coefficient (Wildman–Crippen LogP) is 12.3. The summed E-state index contributed by atoms with van der Waals surface area (Å²) in [6, 6.07) is 61.6. The number of aromatic hydroxyl groups is 1. The molecule has 6 heteroatoms. The summed E-state index contributed by atoms with van der Waals surface area (Å²) in [6.07, 6.45) is 6.43. The van der Waals surface area contributed by atoms with Gasteiger partial charge in [0.15, 0.2) is 11.6 Å². The Morgan fingerprint density at radius 3 is 2.07 bits per heavy atom. The Morgan fingerprint density at radius 1 is 0.576 bits per heavy atom. The number of pyridine rings is 1. The third-order valence-corrected chi connectivity index (χ3v) is 12.0. The fraction of sp³-hybridized carbons (Fsp3) is 0.0943. The molecule has 2 aromatic heterocycles. The number of rotatable bonds is 7. The molecule has 0 aliphatic heterocycles. The number of ether oxygens (including phenoxy) is 1. The molecule has 0 atom stereocenters. The van der Waals surface area contributed by atoms with Crippen molar-refractivity contribution < 1.29 is 30.9 Å². The maximum Gasteiger partial charge on any atom is 0.164 e. The molecule has 0 amide bonds.